The van der Waals surface area contributed by atoms with E-state index in [9.17, 15) is 9.59 Å². The highest BCUT2D eigenvalue weighted by molar-refractivity contribution is 6.39. The standard InChI is InChI=1S/C21H26N4O3/c1-15-13-17(7-8-18(15)22)24-21(27)20(26)23-14-19(16-5-3-2-4-6-16)25-9-11-28-12-10-25/h2-8,13,19H,9-12,14,22H2,1H3,(H,23,26)(H,24,27). The Bertz CT molecular complexity index is 820. The molecule has 2 aromatic carbocycles. The van der Waals surface area contributed by atoms with Crippen molar-refractivity contribution in [2.45, 2.75) is 13.0 Å². The first-order chi connectivity index (χ1) is 13.5. The Hall–Kier alpha value is -2.90. The van der Waals surface area contributed by atoms with Crippen LogP contribution in [0.25, 0.3) is 0 Å². The van der Waals surface area contributed by atoms with Crippen molar-refractivity contribution in [1.82, 2.24) is 10.2 Å². The molecule has 1 fully saturated rings. The molecule has 4 N–H and O–H groups in total. The summed E-state index contributed by atoms with van der Waals surface area (Å²) in [5, 5.41) is 5.38. The highest BCUT2D eigenvalue weighted by atomic mass is 16.5. The summed E-state index contributed by atoms with van der Waals surface area (Å²) >= 11 is 0. The van der Waals surface area contributed by atoms with Crippen LogP contribution in [0.5, 0.6) is 0 Å². The van der Waals surface area contributed by atoms with Gasteiger partial charge >= 0.3 is 11.8 Å². The Labute approximate surface area is 164 Å². The van der Waals surface area contributed by atoms with E-state index in [1.54, 1.807) is 18.2 Å². The number of nitrogen functional groups attached to an aromatic ring is 1. The summed E-state index contributed by atoms with van der Waals surface area (Å²) in [6, 6.07) is 15.1. The molecule has 1 atom stereocenters. The number of nitrogens with zero attached hydrogens (tertiary/aromatic N) is 1. The van der Waals surface area contributed by atoms with E-state index in [4.69, 9.17) is 10.5 Å². The Balaban J connectivity index is 1.62. The number of rotatable bonds is 5. The molecule has 2 amide bonds. The van der Waals surface area contributed by atoms with Crippen molar-refractivity contribution in [1.29, 1.82) is 0 Å². The number of ether oxygens (including phenoxy) is 1. The Morgan fingerprint density at radius 1 is 1.11 bits per heavy atom. The summed E-state index contributed by atoms with van der Waals surface area (Å²) in [7, 11) is 0. The lowest BCUT2D eigenvalue weighted by Gasteiger charge is -2.34. The average molecular weight is 382 g/mol. The van der Waals surface area contributed by atoms with Gasteiger partial charge in [0.2, 0.25) is 0 Å². The summed E-state index contributed by atoms with van der Waals surface area (Å²) in [6.45, 7) is 5.08. The highest BCUT2D eigenvalue weighted by Gasteiger charge is 2.24. The molecular formula is C21H26N4O3. The molecular weight excluding hydrogens is 356 g/mol. The van der Waals surface area contributed by atoms with Crippen molar-refractivity contribution < 1.29 is 14.3 Å². The van der Waals surface area contributed by atoms with Crippen LogP contribution in [0.15, 0.2) is 48.5 Å². The molecule has 7 heteroatoms. The van der Waals surface area contributed by atoms with E-state index in [-0.39, 0.29) is 6.04 Å². The van der Waals surface area contributed by atoms with Crippen LogP contribution in [0.3, 0.4) is 0 Å². The van der Waals surface area contributed by atoms with Gasteiger partial charge in [0, 0.05) is 31.0 Å². The molecule has 2 aromatic rings. The van der Waals surface area contributed by atoms with E-state index in [1.165, 1.54) is 0 Å². The summed E-state index contributed by atoms with van der Waals surface area (Å²) in [5.74, 6) is -1.36. The van der Waals surface area contributed by atoms with Gasteiger partial charge in [0.1, 0.15) is 0 Å². The van der Waals surface area contributed by atoms with E-state index in [1.807, 2.05) is 37.3 Å². The molecule has 1 unspecified atom stereocenters. The van der Waals surface area contributed by atoms with Crippen molar-refractivity contribution in [3.05, 3.63) is 59.7 Å². The van der Waals surface area contributed by atoms with Crippen molar-refractivity contribution >= 4 is 23.2 Å². The van der Waals surface area contributed by atoms with Crippen molar-refractivity contribution in [3.8, 4) is 0 Å². The average Bonchev–Trinajstić information content (AvgIpc) is 2.72. The van der Waals surface area contributed by atoms with Gasteiger partial charge in [0.15, 0.2) is 0 Å². The van der Waals surface area contributed by atoms with Crippen molar-refractivity contribution in [2.24, 2.45) is 0 Å². The van der Waals surface area contributed by atoms with Crippen LogP contribution in [0.2, 0.25) is 0 Å². The summed E-state index contributed by atoms with van der Waals surface area (Å²) in [5.41, 5.74) is 8.90. The number of amides is 2. The fourth-order valence-electron chi connectivity index (χ4n) is 3.23. The third kappa shape index (κ3) is 5.09. The van der Waals surface area contributed by atoms with Gasteiger partial charge < -0.3 is 21.1 Å². The van der Waals surface area contributed by atoms with Gasteiger partial charge in [-0.1, -0.05) is 30.3 Å². The number of anilines is 2. The maximum atomic E-state index is 12.3. The van der Waals surface area contributed by atoms with Crippen molar-refractivity contribution in [3.63, 3.8) is 0 Å². The van der Waals surface area contributed by atoms with Crippen LogP contribution in [0, 0.1) is 6.92 Å². The number of hydrogen-bond acceptors (Lipinski definition) is 5. The number of morpholine rings is 1. The fourth-order valence-corrected chi connectivity index (χ4v) is 3.23. The first kappa shape index (κ1) is 19.9. The smallest absolute Gasteiger partial charge is 0.313 e. The minimum Gasteiger partial charge on any atom is -0.399 e. The third-order valence-corrected chi connectivity index (χ3v) is 4.86. The maximum absolute atomic E-state index is 12.3. The molecule has 1 aliphatic heterocycles. The number of carbonyl (C=O) groups is 2. The molecule has 0 aromatic heterocycles. The monoisotopic (exact) mass is 382 g/mol. The summed E-state index contributed by atoms with van der Waals surface area (Å²) < 4.78 is 5.43. The molecule has 0 saturated carbocycles. The lowest BCUT2D eigenvalue weighted by molar-refractivity contribution is -0.136. The molecule has 0 aliphatic carbocycles. The number of nitrogens with one attached hydrogen (secondary N) is 2. The zero-order valence-corrected chi connectivity index (χ0v) is 16.0. The molecule has 0 bridgehead atoms. The van der Waals surface area contributed by atoms with Gasteiger partial charge in [-0.25, -0.2) is 0 Å². The number of carbonyl (C=O) groups excluding carboxylic acids is 2. The van der Waals surface area contributed by atoms with E-state index >= 15 is 0 Å². The molecule has 3 rings (SSSR count). The molecule has 0 spiro atoms. The first-order valence-corrected chi connectivity index (χ1v) is 9.36. The van der Waals surface area contributed by atoms with Crippen LogP contribution in [-0.2, 0) is 14.3 Å². The number of benzene rings is 2. The SMILES string of the molecule is Cc1cc(NC(=O)C(=O)NCC(c2ccccc2)N2CCOCC2)ccc1N. The van der Waals surface area contributed by atoms with E-state index < -0.39 is 11.8 Å². The largest absolute Gasteiger partial charge is 0.399 e. The molecule has 1 heterocycles. The van der Waals surface area contributed by atoms with Crippen LogP contribution < -0.4 is 16.4 Å². The zero-order chi connectivity index (χ0) is 19.9. The van der Waals surface area contributed by atoms with Gasteiger partial charge in [-0.05, 0) is 36.2 Å². The van der Waals surface area contributed by atoms with Crippen LogP contribution in [-0.4, -0.2) is 49.6 Å². The van der Waals surface area contributed by atoms with E-state index in [2.05, 4.69) is 15.5 Å². The Morgan fingerprint density at radius 2 is 1.82 bits per heavy atom. The minimum absolute atomic E-state index is 0.0133. The zero-order valence-electron chi connectivity index (χ0n) is 16.0. The van der Waals surface area contributed by atoms with E-state index in [0.717, 1.165) is 24.2 Å². The molecule has 28 heavy (non-hydrogen) atoms. The third-order valence-electron chi connectivity index (χ3n) is 4.86. The van der Waals surface area contributed by atoms with Gasteiger partial charge in [-0.3, -0.25) is 14.5 Å². The minimum atomic E-state index is -0.696. The lowest BCUT2D eigenvalue weighted by atomic mass is 10.0. The Kier molecular flexibility index (Phi) is 6.62. The molecule has 0 radical (unpaired) electrons. The second kappa shape index (κ2) is 9.34. The summed E-state index contributed by atoms with van der Waals surface area (Å²) in [4.78, 5) is 26.8. The van der Waals surface area contributed by atoms with Gasteiger partial charge in [-0.2, -0.15) is 0 Å². The van der Waals surface area contributed by atoms with E-state index in [0.29, 0.717) is 31.1 Å². The second-order valence-electron chi connectivity index (χ2n) is 6.81. The summed E-state index contributed by atoms with van der Waals surface area (Å²) in [6.07, 6.45) is 0. The molecule has 148 valence electrons. The normalized spacial score (nSPS) is 15.6. The predicted molar refractivity (Wildman–Crippen MR) is 109 cm³/mol. The Morgan fingerprint density at radius 3 is 2.50 bits per heavy atom. The van der Waals surface area contributed by atoms with Gasteiger partial charge in [0.05, 0.1) is 19.3 Å². The van der Waals surface area contributed by atoms with Crippen LogP contribution >= 0.6 is 0 Å². The molecule has 1 saturated heterocycles. The lowest BCUT2D eigenvalue weighted by Crippen LogP contribution is -2.45. The fraction of sp³-hybridized carbons (Fsp3) is 0.333. The van der Waals surface area contributed by atoms with Gasteiger partial charge in [0.25, 0.3) is 0 Å². The number of hydrogen-bond donors (Lipinski definition) is 3. The van der Waals surface area contributed by atoms with Crippen molar-refractivity contribution in [2.75, 3.05) is 43.9 Å². The predicted octanol–water partition coefficient (Wildman–Crippen LogP) is 1.71. The highest BCUT2D eigenvalue weighted by Crippen LogP contribution is 2.21. The molecule has 7 nitrogen and oxygen atoms in total. The van der Waals surface area contributed by atoms with Gasteiger partial charge in [-0.15, -0.1) is 0 Å². The van der Waals surface area contributed by atoms with Crippen LogP contribution in [0.4, 0.5) is 11.4 Å². The molecule has 1 aliphatic rings. The maximum Gasteiger partial charge on any atom is 0.313 e. The topological polar surface area (TPSA) is 96.7 Å². The quantitative estimate of drug-likeness (QED) is 0.540. The first-order valence-electron chi connectivity index (χ1n) is 9.36. The van der Waals surface area contributed by atoms with Crippen LogP contribution in [0.1, 0.15) is 17.2 Å². The number of nitrogens with two attached hydrogens (primary N) is 1. The number of aryl methyl sites for hydroxylation is 1. The second-order valence-corrected chi connectivity index (χ2v) is 6.81.